The lowest BCUT2D eigenvalue weighted by molar-refractivity contribution is -0.200. The van der Waals surface area contributed by atoms with Gasteiger partial charge < -0.3 is 25.6 Å². The minimum Gasteiger partial charge on any atom is -0.388 e. The first-order chi connectivity index (χ1) is 16.9. The monoisotopic (exact) mass is 477 g/mol. The van der Waals surface area contributed by atoms with E-state index >= 15 is 0 Å². The first kappa shape index (κ1) is 25.1. The number of nitrogens with two attached hydrogens (primary N) is 1. The topological polar surface area (TPSA) is 99.3 Å². The van der Waals surface area contributed by atoms with E-state index in [1.165, 1.54) is 17.8 Å². The van der Waals surface area contributed by atoms with Gasteiger partial charge in [-0.15, -0.1) is 0 Å². The molecule has 1 aliphatic carbocycles. The predicted molar refractivity (Wildman–Crippen MR) is 136 cm³/mol. The maximum atomic E-state index is 12.1. The Hall–Kier alpha value is -2.97. The summed E-state index contributed by atoms with van der Waals surface area (Å²) in [5.41, 5.74) is 8.29. The molecule has 2 aliphatic rings. The highest BCUT2D eigenvalue weighted by molar-refractivity contribution is 5.81. The number of amides is 1. The third-order valence-electron chi connectivity index (χ3n) is 6.77. The van der Waals surface area contributed by atoms with Crippen LogP contribution < -0.4 is 10.6 Å². The Morgan fingerprint density at radius 1 is 1.06 bits per heavy atom. The molecule has 2 aromatic rings. The Balaban J connectivity index is 1.25. The summed E-state index contributed by atoms with van der Waals surface area (Å²) in [6.07, 6.45) is 5.24. The maximum absolute atomic E-state index is 12.1. The Morgan fingerprint density at radius 3 is 2.37 bits per heavy atom. The van der Waals surface area contributed by atoms with Gasteiger partial charge in [-0.25, -0.2) is 0 Å². The lowest BCUT2D eigenvalue weighted by Crippen LogP contribution is -2.47. The Kier molecular flexibility index (Phi) is 8.36. The van der Waals surface area contributed by atoms with Gasteiger partial charge in [-0.2, -0.15) is 0 Å². The van der Waals surface area contributed by atoms with Crippen LogP contribution in [0.15, 0.2) is 84.5 Å². The second-order valence-electron chi connectivity index (χ2n) is 9.23. The number of rotatable bonds is 10. The average Bonchev–Trinajstić information content (AvgIpc) is 2.89. The van der Waals surface area contributed by atoms with E-state index < -0.39 is 23.7 Å². The van der Waals surface area contributed by atoms with Gasteiger partial charge in [-0.05, 0) is 48.7 Å². The molecule has 0 bridgehead atoms. The normalized spacial score (nSPS) is 23.7. The number of nitrogens with zero attached hydrogens (tertiary/aromatic N) is 2. The number of aliphatic hydroxyl groups excluding tert-OH is 1. The molecule has 1 saturated heterocycles. The molecular formula is C28H35N3O4. The zero-order chi connectivity index (χ0) is 24.7. The molecular weight excluding hydrogens is 442 g/mol. The van der Waals surface area contributed by atoms with Crippen LogP contribution in [0, 0.1) is 5.92 Å². The van der Waals surface area contributed by atoms with Crippen molar-refractivity contribution in [1.29, 1.82) is 0 Å². The number of hydrogen-bond acceptors (Lipinski definition) is 6. The molecule has 4 N–H and O–H groups in total. The van der Waals surface area contributed by atoms with Crippen molar-refractivity contribution in [2.24, 2.45) is 11.7 Å². The number of piperazine rings is 1. The predicted octanol–water partition coefficient (Wildman–Crippen LogP) is 2.45. The minimum absolute atomic E-state index is 0.134. The van der Waals surface area contributed by atoms with Gasteiger partial charge in [-0.1, -0.05) is 60.7 Å². The van der Waals surface area contributed by atoms with Crippen molar-refractivity contribution in [2.45, 2.75) is 31.3 Å². The van der Waals surface area contributed by atoms with Crippen molar-refractivity contribution >= 4 is 11.6 Å². The highest BCUT2D eigenvalue weighted by Gasteiger charge is 2.41. The molecule has 35 heavy (non-hydrogen) atoms. The average molecular weight is 478 g/mol. The SMILES string of the molecule is NC(=O)C1C=C(C(O)CCCN2CCN(c3ccccc3)CC2)C=CC1(O)OCc1ccccc1. The van der Waals surface area contributed by atoms with Crippen LogP contribution in [0.1, 0.15) is 18.4 Å². The molecule has 1 aliphatic heterocycles. The molecule has 0 saturated carbocycles. The number of primary amides is 1. The summed E-state index contributed by atoms with van der Waals surface area (Å²) in [5, 5.41) is 21.7. The van der Waals surface area contributed by atoms with E-state index in [9.17, 15) is 15.0 Å². The molecule has 3 atom stereocenters. The van der Waals surface area contributed by atoms with Crippen LogP contribution in [-0.2, 0) is 16.1 Å². The van der Waals surface area contributed by atoms with Gasteiger partial charge in [0, 0.05) is 31.9 Å². The van der Waals surface area contributed by atoms with Gasteiger partial charge in [-0.3, -0.25) is 9.69 Å². The van der Waals surface area contributed by atoms with E-state index in [2.05, 4.69) is 34.1 Å². The van der Waals surface area contributed by atoms with Crippen molar-refractivity contribution in [2.75, 3.05) is 37.6 Å². The molecule has 7 heteroatoms. The fourth-order valence-electron chi connectivity index (χ4n) is 4.65. The third-order valence-corrected chi connectivity index (χ3v) is 6.77. The minimum atomic E-state index is -1.84. The Morgan fingerprint density at radius 2 is 1.71 bits per heavy atom. The van der Waals surface area contributed by atoms with E-state index in [1.807, 2.05) is 36.4 Å². The molecule has 0 aromatic heterocycles. The van der Waals surface area contributed by atoms with Crippen LogP contribution in [0.5, 0.6) is 0 Å². The first-order valence-corrected chi connectivity index (χ1v) is 12.3. The lowest BCUT2D eigenvalue weighted by Gasteiger charge is -2.36. The number of benzene rings is 2. The second kappa shape index (κ2) is 11.6. The van der Waals surface area contributed by atoms with Crippen LogP contribution >= 0.6 is 0 Å². The molecule has 4 rings (SSSR count). The van der Waals surface area contributed by atoms with Crippen molar-refractivity contribution < 1.29 is 19.7 Å². The molecule has 2 aromatic carbocycles. The van der Waals surface area contributed by atoms with E-state index in [1.54, 1.807) is 6.08 Å². The van der Waals surface area contributed by atoms with E-state index in [4.69, 9.17) is 10.5 Å². The summed E-state index contributed by atoms with van der Waals surface area (Å²) in [5.74, 6) is -3.62. The highest BCUT2D eigenvalue weighted by atomic mass is 16.6. The Bertz CT molecular complexity index is 1020. The van der Waals surface area contributed by atoms with E-state index in [0.29, 0.717) is 12.0 Å². The summed E-state index contributed by atoms with van der Waals surface area (Å²) < 4.78 is 5.69. The standard InChI is InChI=1S/C28H35N3O4/c29-27(33)25-20-23(13-14-28(25,34)35-21-22-8-3-1-4-9-22)26(32)12-7-15-30-16-18-31(19-17-30)24-10-5-2-6-11-24/h1-6,8-11,13-14,20,25-26,32,34H,7,12,15-19,21H2,(H2,29,33). The molecule has 1 heterocycles. The molecule has 1 amide bonds. The quantitative estimate of drug-likeness (QED) is 0.455. The van der Waals surface area contributed by atoms with Crippen LogP contribution in [0.4, 0.5) is 5.69 Å². The molecule has 3 unspecified atom stereocenters. The maximum Gasteiger partial charge on any atom is 0.230 e. The largest absolute Gasteiger partial charge is 0.388 e. The third kappa shape index (κ3) is 6.58. The number of carbonyl (C=O) groups excluding carboxylic acids is 1. The van der Waals surface area contributed by atoms with Gasteiger partial charge in [0.05, 0.1) is 12.7 Å². The number of hydrogen-bond donors (Lipinski definition) is 3. The zero-order valence-corrected chi connectivity index (χ0v) is 20.0. The van der Waals surface area contributed by atoms with Crippen LogP contribution in [0.3, 0.4) is 0 Å². The smallest absolute Gasteiger partial charge is 0.230 e. The van der Waals surface area contributed by atoms with Crippen molar-refractivity contribution in [3.63, 3.8) is 0 Å². The molecule has 1 fully saturated rings. The molecule has 0 spiro atoms. The van der Waals surface area contributed by atoms with Gasteiger partial charge in [0.15, 0.2) is 0 Å². The molecule has 186 valence electrons. The second-order valence-corrected chi connectivity index (χ2v) is 9.23. The fourth-order valence-corrected chi connectivity index (χ4v) is 4.65. The summed E-state index contributed by atoms with van der Waals surface area (Å²) in [7, 11) is 0. The van der Waals surface area contributed by atoms with Crippen LogP contribution in [-0.4, -0.2) is 65.6 Å². The van der Waals surface area contributed by atoms with Crippen LogP contribution in [0.2, 0.25) is 0 Å². The number of aliphatic hydroxyl groups is 2. The van der Waals surface area contributed by atoms with Gasteiger partial charge in [0.2, 0.25) is 11.7 Å². The zero-order valence-electron chi connectivity index (χ0n) is 20.0. The van der Waals surface area contributed by atoms with Gasteiger partial charge >= 0.3 is 0 Å². The Labute approximate surface area is 207 Å². The van der Waals surface area contributed by atoms with Crippen molar-refractivity contribution in [3.8, 4) is 0 Å². The lowest BCUT2D eigenvalue weighted by atomic mass is 9.87. The van der Waals surface area contributed by atoms with E-state index in [-0.39, 0.29) is 6.61 Å². The molecule has 0 radical (unpaired) electrons. The highest BCUT2D eigenvalue weighted by Crippen LogP contribution is 2.31. The summed E-state index contributed by atoms with van der Waals surface area (Å²) >= 11 is 0. The summed E-state index contributed by atoms with van der Waals surface area (Å²) in [6.45, 7) is 4.99. The van der Waals surface area contributed by atoms with E-state index in [0.717, 1.165) is 44.7 Å². The number of carbonyl (C=O) groups is 1. The number of para-hydroxylation sites is 1. The summed E-state index contributed by atoms with van der Waals surface area (Å²) in [6, 6.07) is 19.9. The first-order valence-electron chi connectivity index (χ1n) is 12.3. The van der Waals surface area contributed by atoms with Crippen molar-refractivity contribution in [3.05, 3.63) is 90.0 Å². The van der Waals surface area contributed by atoms with Gasteiger partial charge in [0.1, 0.15) is 5.92 Å². The van der Waals surface area contributed by atoms with Crippen LogP contribution in [0.25, 0.3) is 0 Å². The fraction of sp³-hybridized carbons (Fsp3) is 0.393. The number of ether oxygens (including phenoxy) is 1. The summed E-state index contributed by atoms with van der Waals surface area (Å²) in [4.78, 5) is 16.9. The number of anilines is 1. The van der Waals surface area contributed by atoms with Gasteiger partial charge in [0.25, 0.3) is 0 Å². The van der Waals surface area contributed by atoms with Crippen molar-refractivity contribution in [1.82, 2.24) is 4.90 Å². The molecule has 7 nitrogen and oxygen atoms in total.